The van der Waals surface area contributed by atoms with Gasteiger partial charge in [-0.15, -0.1) is 0 Å². The van der Waals surface area contributed by atoms with Crippen LogP contribution in [0.5, 0.6) is 0 Å². The zero-order valence-corrected chi connectivity index (χ0v) is 10.5. The summed E-state index contributed by atoms with van der Waals surface area (Å²) in [5.41, 5.74) is 0.158. The molecule has 1 aromatic rings. The number of carbonyl (C=O) groups excluding carboxylic acids is 1. The standard InChI is InChI=1S/C12H14FN3O3/c1-9(17)14-4-6-15(7-5-14)11-3-2-10(13)8-12(11)16(18)19/h2-3,8H,4-7H2,1H3. The minimum absolute atomic E-state index is 0.00624. The molecule has 1 amide bonds. The third-order valence-electron chi connectivity index (χ3n) is 3.20. The third kappa shape index (κ3) is 2.81. The molecule has 0 atom stereocenters. The molecule has 0 spiro atoms. The largest absolute Gasteiger partial charge is 0.362 e. The van der Waals surface area contributed by atoms with Crippen molar-refractivity contribution in [3.8, 4) is 0 Å². The maximum Gasteiger partial charge on any atom is 0.295 e. The summed E-state index contributed by atoms with van der Waals surface area (Å²) in [5, 5.41) is 10.9. The Morgan fingerprint density at radius 2 is 1.95 bits per heavy atom. The molecule has 1 heterocycles. The summed E-state index contributed by atoms with van der Waals surface area (Å²) in [6.45, 7) is 3.54. The minimum atomic E-state index is -0.627. The van der Waals surface area contributed by atoms with Crippen molar-refractivity contribution in [1.82, 2.24) is 4.90 Å². The molecule has 0 aliphatic carbocycles. The summed E-state index contributed by atoms with van der Waals surface area (Å²) in [4.78, 5) is 25.0. The molecule has 1 aromatic carbocycles. The van der Waals surface area contributed by atoms with Crippen molar-refractivity contribution < 1.29 is 14.1 Å². The van der Waals surface area contributed by atoms with Gasteiger partial charge in [0.15, 0.2) is 0 Å². The Hall–Kier alpha value is -2.18. The van der Waals surface area contributed by atoms with Gasteiger partial charge < -0.3 is 9.80 Å². The van der Waals surface area contributed by atoms with Gasteiger partial charge in [-0.2, -0.15) is 0 Å². The summed E-state index contributed by atoms with van der Waals surface area (Å²) >= 11 is 0. The number of nitro groups is 1. The molecule has 7 heteroatoms. The molecule has 2 rings (SSSR count). The Morgan fingerprint density at radius 1 is 1.32 bits per heavy atom. The van der Waals surface area contributed by atoms with E-state index in [1.807, 2.05) is 0 Å². The van der Waals surface area contributed by atoms with E-state index in [2.05, 4.69) is 0 Å². The maximum atomic E-state index is 13.1. The number of amides is 1. The second-order valence-electron chi connectivity index (χ2n) is 4.38. The van der Waals surface area contributed by atoms with Crippen molar-refractivity contribution in [1.29, 1.82) is 0 Å². The fourth-order valence-corrected chi connectivity index (χ4v) is 2.17. The summed E-state index contributed by atoms with van der Waals surface area (Å²) in [6.07, 6.45) is 0. The topological polar surface area (TPSA) is 66.7 Å². The van der Waals surface area contributed by atoms with Gasteiger partial charge >= 0.3 is 0 Å². The predicted octanol–water partition coefficient (Wildman–Crippen LogP) is 1.40. The molecule has 1 aliphatic heterocycles. The van der Waals surface area contributed by atoms with Crippen molar-refractivity contribution in [2.45, 2.75) is 6.92 Å². The number of hydrogen-bond acceptors (Lipinski definition) is 4. The van der Waals surface area contributed by atoms with E-state index in [0.717, 1.165) is 6.07 Å². The van der Waals surface area contributed by atoms with Crippen molar-refractivity contribution in [2.75, 3.05) is 31.1 Å². The summed E-state index contributed by atoms with van der Waals surface area (Å²) in [6, 6.07) is 3.54. The number of halogens is 1. The fraction of sp³-hybridized carbons (Fsp3) is 0.417. The van der Waals surface area contributed by atoms with Crippen LogP contribution in [0.25, 0.3) is 0 Å². The molecule has 0 N–H and O–H groups in total. The predicted molar refractivity (Wildman–Crippen MR) is 67.5 cm³/mol. The number of nitrogens with zero attached hydrogens (tertiary/aromatic N) is 3. The molecule has 0 aromatic heterocycles. The Kier molecular flexibility index (Phi) is 3.64. The fourth-order valence-electron chi connectivity index (χ4n) is 2.17. The van der Waals surface area contributed by atoms with Crippen LogP contribution in [-0.4, -0.2) is 41.9 Å². The molecule has 6 nitrogen and oxygen atoms in total. The van der Waals surface area contributed by atoms with Crippen molar-refractivity contribution in [3.63, 3.8) is 0 Å². The normalized spacial score (nSPS) is 15.5. The highest BCUT2D eigenvalue weighted by Gasteiger charge is 2.24. The number of nitro benzene ring substituents is 1. The molecule has 1 saturated heterocycles. The first kappa shape index (κ1) is 13.3. The van der Waals surface area contributed by atoms with Gasteiger partial charge in [0, 0.05) is 33.1 Å². The lowest BCUT2D eigenvalue weighted by atomic mass is 10.2. The van der Waals surface area contributed by atoms with Crippen LogP contribution in [0.3, 0.4) is 0 Å². The monoisotopic (exact) mass is 267 g/mol. The lowest BCUT2D eigenvalue weighted by Crippen LogP contribution is -2.48. The molecule has 0 unspecified atom stereocenters. The second kappa shape index (κ2) is 5.21. The quantitative estimate of drug-likeness (QED) is 0.600. The van der Waals surface area contributed by atoms with Gasteiger partial charge in [-0.1, -0.05) is 0 Å². The average molecular weight is 267 g/mol. The van der Waals surface area contributed by atoms with Gasteiger partial charge in [0.2, 0.25) is 5.91 Å². The van der Waals surface area contributed by atoms with Gasteiger partial charge in [-0.05, 0) is 12.1 Å². The van der Waals surface area contributed by atoms with Crippen LogP contribution in [0, 0.1) is 15.9 Å². The Bertz CT molecular complexity index is 513. The number of hydrogen-bond donors (Lipinski definition) is 0. The van der Waals surface area contributed by atoms with E-state index in [1.54, 1.807) is 9.80 Å². The molecule has 1 aliphatic rings. The van der Waals surface area contributed by atoms with Crippen LogP contribution >= 0.6 is 0 Å². The van der Waals surface area contributed by atoms with Crippen LogP contribution in [0.4, 0.5) is 15.8 Å². The maximum absolute atomic E-state index is 13.1. The number of rotatable bonds is 2. The van der Waals surface area contributed by atoms with Crippen LogP contribution in [0.15, 0.2) is 18.2 Å². The van der Waals surface area contributed by atoms with E-state index in [0.29, 0.717) is 31.9 Å². The molecule has 19 heavy (non-hydrogen) atoms. The highest BCUT2D eigenvalue weighted by Crippen LogP contribution is 2.29. The van der Waals surface area contributed by atoms with Crippen LogP contribution < -0.4 is 4.90 Å². The van der Waals surface area contributed by atoms with E-state index in [9.17, 15) is 19.3 Å². The van der Waals surface area contributed by atoms with Gasteiger partial charge in [0.05, 0.1) is 11.0 Å². The molecule has 102 valence electrons. The molecule has 0 bridgehead atoms. The first-order chi connectivity index (χ1) is 8.99. The Morgan fingerprint density at radius 3 is 2.47 bits per heavy atom. The molecule has 0 saturated carbocycles. The number of piperazine rings is 1. The summed E-state index contributed by atoms with van der Waals surface area (Å²) in [5.74, 6) is -0.633. The molecule has 0 radical (unpaired) electrons. The number of carbonyl (C=O) groups is 1. The van der Waals surface area contributed by atoms with Gasteiger partial charge in [0.25, 0.3) is 5.69 Å². The zero-order chi connectivity index (χ0) is 14.0. The first-order valence-corrected chi connectivity index (χ1v) is 5.93. The second-order valence-corrected chi connectivity index (χ2v) is 4.38. The lowest BCUT2D eigenvalue weighted by Gasteiger charge is -2.35. The first-order valence-electron chi connectivity index (χ1n) is 5.93. The van der Waals surface area contributed by atoms with E-state index in [4.69, 9.17) is 0 Å². The van der Waals surface area contributed by atoms with E-state index < -0.39 is 10.7 Å². The SMILES string of the molecule is CC(=O)N1CCN(c2ccc(F)cc2[N+](=O)[O-])CC1. The van der Waals surface area contributed by atoms with E-state index >= 15 is 0 Å². The molecule has 1 fully saturated rings. The van der Waals surface area contributed by atoms with E-state index in [1.165, 1.54) is 19.1 Å². The van der Waals surface area contributed by atoms with Crippen LogP contribution in [0.1, 0.15) is 6.92 Å². The van der Waals surface area contributed by atoms with Gasteiger partial charge in [0.1, 0.15) is 11.5 Å². The minimum Gasteiger partial charge on any atom is -0.362 e. The van der Waals surface area contributed by atoms with E-state index in [-0.39, 0.29) is 11.6 Å². The van der Waals surface area contributed by atoms with Crippen molar-refractivity contribution >= 4 is 17.3 Å². The highest BCUT2D eigenvalue weighted by atomic mass is 19.1. The van der Waals surface area contributed by atoms with Gasteiger partial charge in [-0.25, -0.2) is 4.39 Å². The Labute approximate surface area is 109 Å². The Balaban J connectivity index is 2.20. The van der Waals surface area contributed by atoms with Crippen LogP contribution in [-0.2, 0) is 4.79 Å². The summed E-state index contributed by atoms with van der Waals surface area (Å²) < 4.78 is 13.1. The average Bonchev–Trinajstić information content (AvgIpc) is 2.38. The lowest BCUT2D eigenvalue weighted by molar-refractivity contribution is -0.384. The van der Waals surface area contributed by atoms with Crippen molar-refractivity contribution in [3.05, 3.63) is 34.1 Å². The highest BCUT2D eigenvalue weighted by molar-refractivity contribution is 5.74. The van der Waals surface area contributed by atoms with Crippen LogP contribution in [0.2, 0.25) is 0 Å². The smallest absolute Gasteiger partial charge is 0.295 e. The number of anilines is 1. The molecular formula is C12H14FN3O3. The summed E-state index contributed by atoms with van der Waals surface area (Å²) in [7, 11) is 0. The van der Waals surface area contributed by atoms with Gasteiger partial charge in [-0.3, -0.25) is 14.9 Å². The third-order valence-corrected chi connectivity index (χ3v) is 3.20. The molecular weight excluding hydrogens is 253 g/mol. The van der Waals surface area contributed by atoms with Crippen molar-refractivity contribution in [2.24, 2.45) is 0 Å². The number of benzene rings is 1. The zero-order valence-electron chi connectivity index (χ0n) is 10.5.